The Morgan fingerprint density at radius 3 is 2.78 bits per heavy atom. The summed E-state index contributed by atoms with van der Waals surface area (Å²) in [6, 6.07) is 0.309. The third kappa shape index (κ3) is 4.79. The SMILES string of the molecule is O=C(CC1CCCO1)Nc1cnn(CC(=O)NC2CCCC2)c1. The summed E-state index contributed by atoms with van der Waals surface area (Å²) in [5.41, 5.74) is 0.613. The second-order valence-corrected chi connectivity index (χ2v) is 6.36. The number of hydrogen-bond acceptors (Lipinski definition) is 4. The fourth-order valence-corrected chi connectivity index (χ4v) is 3.23. The van der Waals surface area contributed by atoms with Gasteiger partial charge in [-0.05, 0) is 25.7 Å². The smallest absolute Gasteiger partial charge is 0.241 e. The summed E-state index contributed by atoms with van der Waals surface area (Å²) in [5, 5.41) is 9.95. The predicted octanol–water partition coefficient (Wildman–Crippen LogP) is 1.45. The van der Waals surface area contributed by atoms with Crippen LogP contribution in [-0.4, -0.2) is 40.3 Å². The molecule has 1 aromatic rings. The van der Waals surface area contributed by atoms with Crippen molar-refractivity contribution in [3.63, 3.8) is 0 Å². The normalized spacial score (nSPS) is 21.5. The molecule has 2 aliphatic rings. The van der Waals surface area contributed by atoms with Crippen molar-refractivity contribution in [3.8, 4) is 0 Å². The number of ether oxygens (including phenoxy) is 1. The maximum atomic E-state index is 12.0. The summed E-state index contributed by atoms with van der Waals surface area (Å²) >= 11 is 0. The van der Waals surface area contributed by atoms with Crippen molar-refractivity contribution in [2.75, 3.05) is 11.9 Å². The third-order valence-corrected chi connectivity index (χ3v) is 4.38. The summed E-state index contributed by atoms with van der Waals surface area (Å²) in [7, 11) is 0. The van der Waals surface area contributed by atoms with Gasteiger partial charge in [-0.25, -0.2) is 0 Å². The third-order valence-electron chi connectivity index (χ3n) is 4.38. The fraction of sp³-hybridized carbons (Fsp3) is 0.688. The zero-order chi connectivity index (χ0) is 16.1. The molecule has 1 saturated carbocycles. The number of anilines is 1. The average Bonchev–Trinajstić information content (AvgIpc) is 3.22. The van der Waals surface area contributed by atoms with Crippen LogP contribution in [0.5, 0.6) is 0 Å². The largest absolute Gasteiger partial charge is 0.378 e. The molecule has 126 valence electrons. The Labute approximate surface area is 135 Å². The number of amides is 2. The minimum absolute atomic E-state index is 0.0298. The van der Waals surface area contributed by atoms with Crippen molar-refractivity contribution in [2.45, 2.75) is 63.6 Å². The topological polar surface area (TPSA) is 85.2 Å². The fourth-order valence-electron chi connectivity index (χ4n) is 3.23. The van der Waals surface area contributed by atoms with E-state index in [1.165, 1.54) is 12.8 Å². The van der Waals surface area contributed by atoms with E-state index in [2.05, 4.69) is 15.7 Å². The molecule has 2 fully saturated rings. The van der Waals surface area contributed by atoms with Crippen molar-refractivity contribution in [1.82, 2.24) is 15.1 Å². The van der Waals surface area contributed by atoms with E-state index >= 15 is 0 Å². The van der Waals surface area contributed by atoms with E-state index in [0.29, 0.717) is 18.2 Å². The highest BCUT2D eigenvalue weighted by Gasteiger charge is 2.20. The Balaban J connectivity index is 1.43. The van der Waals surface area contributed by atoms with Crippen LogP contribution in [0.25, 0.3) is 0 Å². The number of rotatable bonds is 6. The Hall–Kier alpha value is -1.89. The quantitative estimate of drug-likeness (QED) is 0.831. The molecule has 7 heteroatoms. The maximum Gasteiger partial charge on any atom is 0.241 e. The highest BCUT2D eigenvalue weighted by Crippen LogP contribution is 2.18. The second-order valence-electron chi connectivity index (χ2n) is 6.36. The van der Waals surface area contributed by atoms with E-state index in [1.54, 1.807) is 17.1 Å². The van der Waals surface area contributed by atoms with E-state index in [9.17, 15) is 9.59 Å². The van der Waals surface area contributed by atoms with Crippen molar-refractivity contribution in [1.29, 1.82) is 0 Å². The molecule has 1 aliphatic carbocycles. The summed E-state index contributed by atoms with van der Waals surface area (Å²) in [6.07, 6.45) is 10.1. The minimum Gasteiger partial charge on any atom is -0.378 e. The summed E-state index contributed by atoms with van der Waals surface area (Å²) < 4.78 is 7.00. The Kier molecular flexibility index (Phi) is 5.27. The molecule has 2 N–H and O–H groups in total. The molecule has 0 radical (unpaired) electrons. The van der Waals surface area contributed by atoms with Crippen LogP contribution >= 0.6 is 0 Å². The number of nitrogens with one attached hydrogen (secondary N) is 2. The summed E-state index contributed by atoms with van der Waals surface area (Å²) in [6.45, 7) is 0.921. The number of carbonyl (C=O) groups is 2. The standard InChI is InChI=1S/C16H24N4O3/c21-15(8-14-6-3-7-23-14)19-13-9-17-20(10-13)11-16(22)18-12-4-1-2-5-12/h9-10,12,14H,1-8,11H2,(H,18,22)(H,19,21). The molecular weight excluding hydrogens is 296 g/mol. The molecule has 0 spiro atoms. The zero-order valence-electron chi connectivity index (χ0n) is 13.3. The number of carbonyl (C=O) groups excluding carboxylic acids is 2. The van der Waals surface area contributed by atoms with Crippen LogP contribution < -0.4 is 10.6 Å². The van der Waals surface area contributed by atoms with Crippen molar-refractivity contribution < 1.29 is 14.3 Å². The van der Waals surface area contributed by atoms with Gasteiger partial charge in [-0.2, -0.15) is 5.10 Å². The lowest BCUT2D eigenvalue weighted by atomic mass is 10.2. The highest BCUT2D eigenvalue weighted by molar-refractivity contribution is 5.90. The van der Waals surface area contributed by atoms with Gasteiger partial charge in [-0.3, -0.25) is 14.3 Å². The molecule has 0 aromatic carbocycles. The van der Waals surface area contributed by atoms with Gasteiger partial charge in [-0.15, -0.1) is 0 Å². The van der Waals surface area contributed by atoms with Crippen molar-refractivity contribution >= 4 is 17.5 Å². The van der Waals surface area contributed by atoms with Crippen molar-refractivity contribution in [3.05, 3.63) is 12.4 Å². The van der Waals surface area contributed by atoms with Gasteiger partial charge in [0.15, 0.2) is 0 Å². The van der Waals surface area contributed by atoms with Crippen LogP contribution in [-0.2, 0) is 20.9 Å². The molecule has 1 saturated heterocycles. The first-order valence-corrected chi connectivity index (χ1v) is 8.42. The number of nitrogens with zero attached hydrogens (tertiary/aromatic N) is 2. The highest BCUT2D eigenvalue weighted by atomic mass is 16.5. The molecule has 1 atom stereocenters. The van der Waals surface area contributed by atoms with Crippen LogP contribution in [0.2, 0.25) is 0 Å². The molecule has 1 aliphatic heterocycles. The first-order chi connectivity index (χ1) is 11.2. The van der Waals surface area contributed by atoms with E-state index in [1.807, 2.05) is 0 Å². The van der Waals surface area contributed by atoms with Gasteiger partial charge in [0, 0.05) is 18.8 Å². The lowest BCUT2D eigenvalue weighted by molar-refractivity contribution is -0.122. The lowest BCUT2D eigenvalue weighted by Crippen LogP contribution is -2.35. The molecular formula is C16H24N4O3. The Morgan fingerprint density at radius 1 is 1.22 bits per heavy atom. The number of hydrogen-bond donors (Lipinski definition) is 2. The Bertz CT molecular complexity index is 499. The van der Waals surface area contributed by atoms with Gasteiger partial charge >= 0.3 is 0 Å². The van der Waals surface area contributed by atoms with Crippen LogP contribution in [0, 0.1) is 0 Å². The van der Waals surface area contributed by atoms with Crippen LogP contribution in [0.3, 0.4) is 0 Å². The van der Waals surface area contributed by atoms with Gasteiger partial charge in [-0.1, -0.05) is 12.8 Å². The van der Waals surface area contributed by atoms with Gasteiger partial charge in [0.25, 0.3) is 0 Å². The van der Waals surface area contributed by atoms with Crippen LogP contribution in [0.4, 0.5) is 5.69 Å². The molecule has 2 amide bonds. The van der Waals surface area contributed by atoms with E-state index < -0.39 is 0 Å². The lowest BCUT2D eigenvalue weighted by Gasteiger charge is -2.11. The molecule has 2 heterocycles. The zero-order valence-corrected chi connectivity index (χ0v) is 13.3. The van der Waals surface area contributed by atoms with Gasteiger partial charge in [0.2, 0.25) is 11.8 Å². The first-order valence-electron chi connectivity index (χ1n) is 8.42. The van der Waals surface area contributed by atoms with E-state index in [4.69, 9.17) is 4.74 Å². The van der Waals surface area contributed by atoms with E-state index in [0.717, 1.165) is 32.3 Å². The predicted molar refractivity (Wildman–Crippen MR) is 84.8 cm³/mol. The molecule has 1 unspecified atom stereocenters. The number of aromatic nitrogens is 2. The molecule has 23 heavy (non-hydrogen) atoms. The van der Waals surface area contributed by atoms with Crippen LogP contribution in [0.15, 0.2) is 12.4 Å². The van der Waals surface area contributed by atoms with Gasteiger partial charge < -0.3 is 15.4 Å². The summed E-state index contributed by atoms with van der Waals surface area (Å²) in [4.78, 5) is 23.9. The maximum absolute atomic E-state index is 12.0. The van der Waals surface area contributed by atoms with Gasteiger partial charge in [0.1, 0.15) is 6.54 Å². The van der Waals surface area contributed by atoms with Gasteiger partial charge in [0.05, 0.1) is 24.4 Å². The van der Waals surface area contributed by atoms with E-state index in [-0.39, 0.29) is 24.5 Å². The molecule has 0 bridgehead atoms. The average molecular weight is 320 g/mol. The molecule has 3 rings (SSSR count). The second kappa shape index (κ2) is 7.59. The van der Waals surface area contributed by atoms with Crippen LogP contribution in [0.1, 0.15) is 44.9 Å². The molecule has 1 aromatic heterocycles. The Morgan fingerprint density at radius 2 is 2.04 bits per heavy atom. The summed E-state index contributed by atoms with van der Waals surface area (Å²) in [5.74, 6) is -0.107. The first kappa shape index (κ1) is 16.0. The molecule has 7 nitrogen and oxygen atoms in total. The van der Waals surface area contributed by atoms with Crippen molar-refractivity contribution in [2.24, 2.45) is 0 Å². The monoisotopic (exact) mass is 320 g/mol. The minimum atomic E-state index is -0.0770.